The Morgan fingerprint density at radius 2 is 1.90 bits per heavy atom. The van der Waals surface area contributed by atoms with Crippen LogP contribution in [0.15, 0.2) is 40.2 Å². The van der Waals surface area contributed by atoms with E-state index in [0.717, 1.165) is 12.3 Å². The molecule has 0 radical (unpaired) electrons. The molecular weight excluding hydrogens is 323 g/mol. The van der Waals surface area contributed by atoms with E-state index >= 15 is 0 Å². The van der Waals surface area contributed by atoms with Crippen molar-refractivity contribution in [3.05, 3.63) is 56.4 Å². The average Bonchev–Trinajstić information content (AvgIpc) is 2.36. The predicted molar refractivity (Wildman–Crippen MR) is 79.1 cm³/mol. The van der Waals surface area contributed by atoms with Gasteiger partial charge in [0.1, 0.15) is 9.92 Å². The molecule has 5 nitrogen and oxygen atoms in total. The first-order valence-electron chi connectivity index (χ1n) is 5.47. The lowest BCUT2D eigenvalue weighted by Gasteiger charge is -2.10. The van der Waals surface area contributed by atoms with Crippen molar-refractivity contribution in [3.8, 4) is 0 Å². The Labute approximate surface area is 125 Å². The van der Waals surface area contributed by atoms with Crippen molar-refractivity contribution in [2.45, 2.75) is 11.8 Å². The number of aromatic nitrogens is 1. The van der Waals surface area contributed by atoms with Crippen LogP contribution in [-0.2, 0) is 10.0 Å². The lowest BCUT2D eigenvalue weighted by atomic mass is 10.2. The van der Waals surface area contributed by atoms with Gasteiger partial charge < -0.3 is 4.98 Å². The Balaban J connectivity index is 2.40. The first-order chi connectivity index (χ1) is 9.29. The van der Waals surface area contributed by atoms with Crippen molar-refractivity contribution in [3.63, 3.8) is 0 Å². The minimum atomic E-state index is -3.84. The quantitative estimate of drug-likeness (QED) is 0.906. The fraction of sp³-hybridized carbons (Fsp3) is 0.0833. The van der Waals surface area contributed by atoms with Crippen LogP contribution in [0.4, 0.5) is 5.69 Å². The maximum Gasteiger partial charge on any atom is 0.266 e. The summed E-state index contributed by atoms with van der Waals surface area (Å²) in [5.74, 6) is 0. The number of H-pyrrole nitrogens is 1. The molecule has 0 fully saturated rings. The van der Waals surface area contributed by atoms with Crippen LogP contribution in [0.2, 0.25) is 10.0 Å². The number of anilines is 1. The van der Waals surface area contributed by atoms with Gasteiger partial charge in [0.25, 0.3) is 15.6 Å². The number of hydrogen-bond acceptors (Lipinski definition) is 3. The van der Waals surface area contributed by atoms with E-state index in [-0.39, 0.29) is 9.92 Å². The molecule has 2 rings (SSSR count). The monoisotopic (exact) mass is 332 g/mol. The molecule has 8 heteroatoms. The Hall–Kier alpha value is -1.50. The summed E-state index contributed by atoms with van der Waals surface area (Å²) in [6.07, 6.45) is 1.09. The fourth-order valence-electron chi connectivity index (χ4n) is 1.54. The van der Waals surface area contributed by atoms with E-state index in [0.29, 0.717) is 16.3 Å². The Kier molecular flexibility index (Phi) is 4.08. The number of benzene rings is 1. The van der Waals surface area contributed by atoms with Crippen LogP contribution in [0, 0.1) is 6.92 Å². The summed E-state index contributed by atoms with van der Waals surface area (Å²) < 4.78 is 26.8. The number of aryl methyl sites for hydroxylation is 1. The molecule has 1 aromatic carbocycles. The maximum absolute atomic E-state index is 12.2. The Morgan fingerprint density at radius 3 is 2.50 bits per heavy atom. The van der Waals surface area contributed by atoms with Crippen molar-refractivity contribution in [1.82, 2.24) is 4.98 Å². The summed E-state index contributed by atoms with van der Waals surface area (Å²) >= 11 is 11.4. The zero-order chi connectivity index (χ0) is 14.9. The molecule has 0 amide bonds. The first-order valence-corrected chi connectivity index (χ1v) is 7.71. The van der Waals surface area contributed by atoms with Gasteiger partial charge in [-0.15, -0.1) is 0 Å². The van der Waals surface area contributed by atoms with Crippen LogP contribution in [-0.4, -0.2) is 13.4 Å². The van der Waals surface area contributed by atoms with Crippen molar-refractivity contribution in [2.75, 3.05) is 4.72 Å². The highest BCUT2D eigenvalue weighted by atomic mass is 35.5. The SMILES string of the molecule is Cc1cc(Cl)ccc1NS(=O)(=O)c1c[nH]c(=O)c(Cl)c1. The molecule has 0 saturated carbocycles. The molecule has 0 bridgehead atoms. The van der Waals surface area contributed by atoms with Gasteiger partial charge in [-0.2, -0.15) is 0 Å². The maximum atomic E-state index is 12.2. The summed E-state index contributed by atoms with van der Waals surface area (Å²) in [5.41, 5.74) is 0.529. The fourth-order valence-corrected chi connectivity index (χ4v) is 3.13. The van der Waals surface area contributed by atoms with Crippen molar-refractivity contribution in [1.29, 1.82) is 0 Å². The predicted octanol–water partition coefficient (Wildman–Crippen LogP) is 2.79. The minimum absolute atomic E-state index is 0.128. The highest BCUT2D eigenvalue weighted by Crippen LogP contribution is 2.22. The highest BCUT2D eigenvalue weighted by molar-refractivity contribution is 7.92. The standard InChI is InChI=1S/C12H10Cl2N2O3S/c1-7-4-8(13)2-3-11(7)16-20(18,19)9-5-10(14)12(17)15-6-9/h2-6,16H,1H3,(H,15,17). The van der Waals surface area contributed by atoms with Gasteiger partial charge in [-0.25, -0.2) is 8.42 Å². The van der Waals surface area contributed by atoms with Gasteiger partial charge in [0.15, 0.2) is 0 Å². The van der Waals surface area contributed by atoms with Crippen LogP contribution in [0.1, 0.15) is 5.56 Å². The Bertz CT molecular complexity index is 816. The number of rotatable bonds is 3. The summed E-state index contributed by atoms with van der Waals surface area (Å²) in [7, 11) is -3.84. The topological polar surface area (TPSA) is 79.0 Å². The van der Waals surface area contributed by atoms with Crippen molar-refractivity contribution in [2.24, 2.45) is 0 Å². The molecule has 106 valence electrons. The van der Waals surface area contributed by atoms with Crippen LogP contribution in [0.3, 0.4) is 0 Å². The molecule has 0 spiro atoms. The first kappa shape index (κ1) is 14.9. The number of aromatic amines is 1. The molecule has 0 aliphatic carbocycles. The van der Waals surface area contributed by atoms with E-state index in [1.807, 2.05) is 0 Å². The van der Waals surface area contributed by atoms with Gasteiger partial charge in [0.05, 0.1) is 5.69 Å². The molecule has 0 saturated heterocycles. The summed E-state index contributed by atoms with van der Waals surface area (Å²) in [4.78, 5) is 13.3. The second kappa shape index (κ2) is 5.47. The highest BCUT2D eigenvalue weighted by Gasteiger charge is 2.16. The zero-order valence-electron chi connectivity index (χ0n) is 10.3. The van der Waals surface area contributed by atoms with Gasteiger partial charge in [0, 0.05) is 11.2 Å². The molecule has 2 N–H and O–H groups in total. The number of sulfonamides is 1. The third-order valence-corrected chi connectivity index (χ3v) is 4.44. The van der Waals surface area contributed by atoms with E-state index in [2.05, 4.69) is 9.71 Å². The van der Waals surface area contributed by atoms with Crippen LogP contribution in [0.25, 0.3) is 0 Å². The normalized spacial score (nSPS) is 11.3. The smallest absolute Gasteiger partial charge is 0.266 e. The van der Waals surface area contributed by atoms with Gasteiger partial charge >= 0.3 is 0 Å². The summed E-state index contributed by atoms with van der Waals surface area (Å²) in [5, 5.41) is 0.318. The second-order valence-electron chi connectivity index (χ2n) is 4.08. The molecule has 1 aromatic heterocycles. The largest absolute Gasteiger partial charge is 0.326 e. The van der Waals surface area contributed by atoms with Crippen LogP contribution in [0.5, 0.6) is 0 Å². The zero-order valence-corrected chi connectivity index (χ0v) is 12.6. The van der Waals surface area contributed by atoms with Gasteiger partial charge in [-0.05, 0) is 36.8 Å². The molecule has 0 aliphatic rings. The van der Waals surface area contributed by atoms with E-state index in [4.69, 9.17) is 23.2 Å². The van der Waals surface area contributed by atoms with Crippen molar-refractivity contribution < 1.29 is 8.42 Å². The van der Waals surface area contributed by atoms with Crippen LogP contribution >= 0.6 is 23.2 Å². The molecule has 2 aromatic rings. The van der Waals surface area contributed by atoms with Gasteiger partial charge in [-0.3, -0.25) is 9.52 Å². The lowest BCUT2D eigenvalue weighted by molar-refractivity contribution is 0.600. The number of pyridine rings is 1. The average molecular weight is 333 g/mol. The van der Waals surface area contributed by atoms with Gasteiger partial charge in [-0.1, -0.05) is 23.2 Å². The number of hydrogen-bond donors (Lipinski definition) is 2. The minimum Gasteiger partial charge on any atom is -0.326 e. The third kappa shape index (κ3) is 3.15. The van der Waals surface area contributed by atoms with Gasteiger partial charge in [0.2, 0.25) is 0 Å². The molecule has 1 heterocycles. The third-order valence-electron chi connectivity index (χ3n) is 2.57. The van der Waals surface area contributed by atoms with E-state index in [1.165, 1.54) is 0 Å². The number of nitrogens with one attached hydrogen (secondary N) is 2. The van der Waals surface area contributed by atoms with E-state index < -0.39 is 15.6 Å². The molecule has 20 heavy (non-hydrogen) atoms. The molecule has 0 aliphatic heterocycles. The molecule has 0 atom stereocenters. The van der Waals surface area contributed by atoms with Crippen LogP contribution < -0.4 is 10.3 Å². The molecule has 0 unspecified atom stereocenters. The number of halogens is 2. The summed E-state index contributed by atoms with van der Waals surface area (Å²) in [6.45, 7) is 1.73. The second-order valence-corrected chi connectivity index (χ2v) is 6.60. The van der Waals surface area contributed by atoms with E-state index in [1.54, 1.807) is 25.1 Å². The van der Waals surface area contributed by atoms with Crippen molar-refractivity contribution >= 4 is 38.9 Å². The Morgan fingerprint density at radius 1 is 1.20 bits per heavy atom. The molecular formula is C12H10Cl2N2O3S. The van der Waals surface area contributed by atoms with E-state index in [9.17, 15) is 13.2 Å². The summed E-state index contributed by atoms with van der Waals surface area (Å²) in [6, 6.07) is 5.86. The lowest BCUT2D eigenvalue weighted by Crippen LogP contribution is -2.16.